The zero-order valence-electron chi connectivity index (χ0n) is 16.9. The van der Waals surface area contributed by atoms with Crippen molar-refractivity contribution in [3.63, 3.8) is 0 Å². The van der Waals surface area contributed by atoms with Crippen LogP contribution in [-0.4, -0.2) is 26.1 Å². The van der Waals surface area contributed by atoms with Gasteiger partial charge in [-0.1, -0.05) is 118 Å². The Hall–Kier alpha value is -1.17. The molecule has 0 saturated carbocycles. The van der Waals surface area contributed by atoms with Crippen LogP contribution in [0.3, 0.4) is 0 Å². The fourth-order valence-corrected chi connectivity index (χ4v) is 17.5. The van der Waals surface area contributed by atoms with Crippen molar-refractivity contribution in [1.82, 2.24) is 0 Å². The van der Waals surface area contributed by atoms with Gasteiger partial charge in [-0.15, -0.1) is 0 Å². The molecule has 2 aromatic rings. The molecule has 0 amide bonds. The van der Waals surface area contributed by atoms with Crippen molar-refractivity contribution >= 4 is 26.5 Å². The van der Waals surface area contributed by atoms with Gasteiger partial charge in [0.2, 0.25) is 0 Å². The predicted octanol–water partition coefficient (Wildman–Crippen LogP) is 4.32. The normalized spacial score (nSPS) is 14.6. The van der Waals surface area contributed by atoms with Crippen LogP contribution in [0.1, 0.15) is 20.8 Å². The minimum atomic E-state index is -2.16. The smallest absolute Gasteiger partial charge is 0.113 e. The molecule has 2 rings (SSSR count). The Kier molecular flexibility index (Phi) is 5.82. The molecule has 2 aromatic carbocycles. The van der Waals surface area contributed by atoms with Crippen LogP contribution < -0.4 is 10.4 Å². The summed E-state index contributed by atoms with van der Waals surface area (Å²) in [5.41, 5.74) is 0. The minimum absolute atomic E-state index is 0.247. The van der Waals surface area contributed by atoms with Crippen molar-refractivity contribution in [2.75, 3.05) is 0 Å². The molecule has 0 radical (unpaired) electrons. The third-order valence-corrected chi connectivity index (χ3v) is 18.6. The average Bonchev–Trinajstić information content (AvgIpc) is 2.61. The monoisotopic (exact) mass is 370 g/mol. The molecule has 1 N–H and O–H groups in total. The molecule has 0 aliphatic carbocycles. The maximum Gasteiger partial charge on any atom is 0.113 e. The SMILES string of the molecule is CC(C)C(C)C(O)([Si](C)(C)c1ccccc1)[Si](C)(C)c1ccccc1. The van der Waals surface area contributed by atoms with E-state index in [4.69, 9.17) is 0 Å². The lowest BCUT2D eigenvalue weighted by Gasteiger charge is -2.55. The van der Waals surface area contributed by atoms with Crippen molar-refractivity contribution in [3.8, 4) is 0 Å². The van der Waals surface area contributed by atoms with Gasteiger partial charge in [0.15, 0.2) is 0 Å². The Morgan fingerprint density at radius 2 is 1.00 bits per heavy atom. The van der Waals surface area contributed by atoms with Gasteiger partial charge in [0.1, 0.15) is 16.1 Å². The van der Waals surface area contributed by atoms with Crippen LogP contribution in [0.5, 0.6) is 0 Å². The van der Waals surface area contributed by atoms with Gasteiger partial charge >= 0.3 is 0 Å². The summed E-state index contributed by atoms with van der Waals surface area (Å²) in [7, 11) is -4.32. The molecular weight excluding hydrogens is 336 g/mol. The Morgan fingerprint density at radius 3 is 1.28 bits per heavy atom. The first-order chi connectivity index (χ1) is 11.6. The van der Waals surface area contributed by atoms with E-state index in [0.717, 1.165) is 0 Å². The van der Waals surface area contributed by atoms with Crippen molar-refractivity contribution < 1.29 is 5.11 Å². The molecular formula is C22H34OSi2. The van der Waals surface area contributed by atoms with E-state index < -0.39 is 21.0 Å². The summed E-state index contributed by atoms with van der Waals surface area (Å²) < 4.78 is 0. The van der Waals surface area contributed by atoms with Gasteiger partial charge in [-0.3, -0.25) is 0 Å². The molecule has 0 saturated heterocycles. The molecule has 25 heavy (non-hydrogen) atoms. The molecule has 0 aliphatic rings. The molecule has 0 fully saturated rings. The Bertz CT molecular complexity index is 626. The summed E-state index contributed by atoms with van der Waals surface area (Å²) >= 11 is 0. The van der Waals surface area contributed by atoms with Crippen molar-refractivity contribution in [2.45, 2.75) is 51.8 Å². The van der Waals surface area contributed by atoms with Crippen molar-refractivity contribution in [2.24, 2.45) is 11.8 Å². The largest absolute Gasteiger partial charge is 0.396 e. The second-order valence-electron chi connectivity index (χ2n) is 8.78. The molecule has 1 atom stereocenters. The topological polar surface area (TPSA) is 20.2 Å². The van der Waals surface area contributed by atoms with Crippen LogP contribution in [0.15, 0.2) is 60.7 Å². The van der Waals surface area contributed by atoms with E-state index in [1.165, 1.54) is 10.4 Å². The van der Waals surface area contributed by atoms with E-state index in [0.29, 0.717) is 5.92 Å². The van der Waals surface area contributed by atoms with Gasteiger partial charge in [-0.05, 0) is 11.8 Å². The average molecular weight is 371 g/mol. The first-order valence-electron chi connectivity index (χ1n) is 9.40. The summed E-state index contributed by atoms with van der Waals surface area (Å²) in [4.78, 5) is -0.642. The highest BCUT2D eigenvalue weighted by atomic mass is 28.4. The summed E-state index contributed by atoms with van der Waals surface area (Å²) in [6, 6.07) is 21.5. The molecule has 0 bridgehead atoms. The summed E-state index contributed by atoms with van der Waals surface area (Å²) in [5.74, 6) is 0.687. The number of aliphatic hydroxyl groups is 1. The molecule has 136 valence electrons. The number of benzene rings is 2. The summed E-state index contributed by atoms with van der Waals surface area (Å²) in [5, 5.41) is 15.2. The zero-order chi connectivity index (χ0) is 18.9. The molecule has 0 aliphatic heterocycles. The maximum atomic E-state index is 12.5. The predicted molar refractivity (Wildman–Crippen MR) is 116 cm³/mol. The van der Waals surface area contributed by atoms with E-state index in [9.17, 15) is 5.11 Å². The van der Waals surface area contributed by atoms with Gasteiger partial charge in [0.05, 0.1) is 4.85 Å². The van der Waals surface area contributed by atoms with Crippen molar-refractivity contribution in [3.05, 3.63) is 60.7 Å². The van der Waals surface area contributed by atoms with E-state index >= 15 is 0 Å². The van der Waals surface area contributed by atoms with Gasteiger partial charge in [0.25, 0.3) is 0 Å². The highest BCUT2D eigenvalue weighted by molar-refractivity contribution is 7.09. The van der Waals surface area contributed by atoms with Crippen LogP contribution >= 0.6 is 0 Å². The fourth-order valence-electron chi connectivity index (χ4n) is 4.55. The number of rotatable bonds is 6. The Morgan fingerprint density at radius 1 is 0.680 bits per heavy atom. The van der Waals surface area contributed by atoms with Gasteiger partial charge in [0, 0.05) is 0 Å². The zero-order valence-corrected chi connectivity index (χ0v) is 18.9. The molecule has 1 unspecified atom stereocenters. The second-order valence-corrected chi connectivity index (χ2v) is 18.5. The quantitative estimate of drug-likeness (QED) is 0.751. The van der Waals surface area contributed by atoms with E-state index in [1.54, 1.807) is 0 Å². The maximum absolute atomic E-state index is 12.5. The molecule has 3 heteroatoms. The summed E-state index contributed by atoms with van der Waals surface area (Å²) in [6.07, 6.45) is 0. The molecule has 0 spiro atoms. The Balaban J connectivity index is 2.71. The van der Waals surface area contributed by atoms with Crippen molar-refractivity contribution in [1.29, 1.82) is 0 Å². The molecule has 0 heterocycles. The lowest BCUT2D eigenvalue weighted by atomic mass is 9.98. The third kappa shape index (κ3) is 3.30. The lowest BCUT2D eigenvalue weighted by Crippen LogP contribution is -2.80. The first kappa shape index (κ1) is 20.1. The fraction of sp³-hybridized carbons (Fsp3) is 0.455. The highest BCUT2D eigenvalue weighted by Gasteiger charge is 2.60. The number of hydrogen-bond acceptors (Lipinski definition) is 1. The first-order valence-corrected chi connectivity index (χ1v) is 15.4. The van der Waals surface area contributed by atoms with Gasteiger partial charge in [-0.2, -0.15) is 0 Å². The second kappa shape index (κ2) is 7.22. The van der Waals surface area contributed by atoms with Gasteiger partial charge < -0.3 is 5.11 Å². The summed E-state index contributed by atoms with van der Waals surface area (Å²) in [6.45, 7) is 16.2. The van der Waals surface area contributed by atoms with Crippen LogP contribution in [0.2, 0.25) is 26.2 Å². The van der Waals surface area contributed by atoms with Gasteiger partial charge in [-0.25, -0.2) is 0 Å². The highest BCUT2D eigenvalue weighted by Crippen LogP contribution is 2.40. The van der Waals surface area contributed by atoms with E-state index in [1.807, 2.05) is 0 Å². The standard InChI is InChI=1S/C22H34OSi2/c1-18(2)19(3)22(23,24(4,5)20-14-10-8-11-15-20)25(6,7)21-16-12-9-13-17-21/h8-19,23H,1-7H3. The van der Waals surface area contributed by atoms with E-state index in [2.05, 4.69) is 108 Å². The van der Waals surface area contributed by atoms with Crippen LogP contribution in [0.25, 0.3) is 0 Å². The third-order valence-electron chi connectivity index (χ3n) is 6.56. The minimum Gasteiger partial charge on any atom is -0.396 e. The van der Waals surface area contributed by atoms with Crippen LogP contribution in [0.4, 0.5) is 0 Å². The van der Waals surface area contributed by atoms with Crippen LogP contribution in [0, 0.1) is 11.8 Å². The van der Waals surface area contributed by atoms with E-state index in [-0.39, 0.29) is 5.92 Å². The lowest BCUT2D eigenvalue weighted by molar-refractivity contribution is 0.104. The molecule has 0 aromatic heterocycles. The van der Waals surface area contributed by atoms with Crippen LogP contribution in [-0.2, 0) is 0 Å². The Labute approximate surface area is 156 Å². The molecule has 1 nitrogen and oxygen atoms in total. The number of hydrogen-bond donors (Lipinski definition) is 1.